The largest absolute Gasteiger partial charge is 0.418 e. The number of benzene rings is 2. The van der Waals surface area contributed by atoms with Crippen molar-refractivity contribution >= 4 is 28.9 Å². The summed E-state index contributed by atoms with van der Waals surface area (Å²) >= 11 is 5.69. The molecule has 1 aliphatic rings. The Kier molecular flexibility index (Phi) is 6.12. The zero-order valence-electron chi connectivity index (χ0n) is 14.7. The quantitative estimate of drug-likeness (QED) is 0.698. The van der Waals surface area contributed by atoms with Gasteiger partial charge in [-0.3, -0.25) is 4.79 Å². The number of halogens is 4. The van der Waals surface area contributed by atoms with Gasteiger partial charge in [0.15, 0.2) is 0 Å². The maximum atomic E-state index is 13.2. The molecular weight excluding hydrogens is 395 g/mol. The highest BCUT2D eigenvalue weighted by molar-refractivity contribution is 6.30. The minimum atomic E-state index is -4.53. The highest BCUT2D eigenvalue weighted by Crippen LogP contribution is 2.37. The maximum absolute atomic E-state index is 13.2. The smallest absolute Gasteiger partial charge is 0.379 e. The zero-order valence-corrected chi connectivity index (χ0v) is 15.5. The van der Waals surface area contributed by atoms with E-state index in [1.807, 2.05) is 0 Å². The number of alkyl halides is 3. The van der Waals surface area contributed by atoms with Crippen molar-refractivity contribution in [3.05, 3.63) is 58.6 Å². The van der Waals surface area contributed by atoms with Crippen LogP contribution in [0.3, 0.4) is 0 Å². The molecule has 28 heavy (non-hydrogen) atoms. The molecule has 1 unspecified atom stereocenters. The van der Waals surface area contributed by atoms with Gasteiger partial charge in [-0.15, -0.1) is 0 Å². The molecule has 1 amide bonds. The van der Waals surface area contributed by atoms with Crippen LogP contribution in [0.5, 0.6) is 0 Å². The van der Waals surface area contributed by atoms with Gasteiger partial charge < -0.3 is 21.1 Å². The standard InChI is InChI=1S/C19H19ClF3N3O2/c20-12-3-6-17(15(7-12)19(21,22)23)26-13-4-1-11(2-5-13)8-25-18(27)14-9-28-10-16(14)24/h1-7,14,16,26H,8-10,24H2,(H,25,27)/t14?,16-/m1/s1. The van der Waals surface area contributed by atoms with Crippen molar-refractivity contribution in [1.82, 2.24) is 5.32 Å². The molecule has 0 aromatic heterocycles. The number of rotatable bonds is 5. The van der Waals surface area contributed by atoms with E-state index in [1.54, 1.807) is 24.3 Å². The maximum Gasteiger partial charge on any atom is 0.418 e. The van der Waals surface area contributed by atoms with Crippen LogP contribution in [0.4, 0.5) is 24.5 Å². The Labute approximate surface area is 165 Å². The first-order valence-electron chi connectivity index (χ1n) is 8.58. The van der Waals surface area contributed by atoms with Crippen molar-refractivity contribution in [3.63, 3.8) is 0 Å². The van der Waals surface area contributed by atoms with Crippen LogP contribution in [0.1, 0.15) is 11.1 Å². The predicted octanol–water partition coefficient (Wildman–Crippen LogP) is 3.69. The highest BCUT2D eigenvalue weighted by atomic mass is 35.5. The molecule has 1 aliphatic heterocycles. The molecule has 2 aromatic carbocycles. The van der Waals surface area contributed by atoms with Crippen molar-refractivity contribution < 1.29 is 22.7 Å². The summed E-state index contributed by atoms with van der Waals surface area (Å²) in [5.74, 6) is -0.546. The van der Waals surface area contributed by atoms with Gasteiger partial charge in [0.25, 0.3) is 0 Å². The lowest BCUT2D eigenvalue weighted by Gasteiger charge is -2.16. The van der Waals surface area contributed by atoms with Crippen molar-refractivity contribution in [1.29, 1.82) is 0 Å². The second-order valence-electron chi connectivity index (χ2n) is 6.54. The van der Waals surface area contributed by atoms with Gasteiger partial charge in [0.2, 0.25) is 5.91 Å². The number of hydrogen-bond donors (Lipinski definition) is 3. The number of nitrogens with two attached hydrogens (primary N) is 1. The lowest BCUT2D eigenvalue weighted by atomic mass is 10.0. The van der Waals surface area contributed by atoms with Gasteiger partial charge >= 0.3 is 6.18 Å². The first kappa shape index (κ1) is 20.4. The van der Waals surface area contributed by atoms with E-state index in [0.29, 0.717) is 18.9 Å². The minimum absolute atomic E-state index is 0.0105. The van der Waals surface area contributed by atoms with Crippen LogP contribution in [-0.2, 0) is 22.3 Å². The van der Waals surface area contributed by atoms with Crippen LogP contribution in [0.25, 0.3) is 0 Å². The number of amides is 1. The van der Waals surface area contributed by atoms with Crippen molar-refractivity contribution in [2.75, 3.05) is 18.5 Å². The van der Waals surface area contributed by atoms with Crippen LogP contribution in [0.15, 0.2) is 42.5 Å². The third kappa shape index (κ3) is 4.95. The summed E-state index contributed by atoms with van der Waals surface area (Å²) in [7, 11) is 0. The van der Waals surface area contributed by atoms with Crippen LogP contribution in [0.2, 0.25) is 5.02 Å². The average molecular weight is 414 g/mol. The summed E-state index contributed by atoms with van der Waals surface area (Å²) in [6, 6.07) is 9.96. The summed E-state index contributed by atoms with van der Waals surface area (Å²) in [6.45, 7) is 0.957. The monoisotopic (exact) mass is 413 g/mol. The third-order valence-corrected chi connectivity index (χ3v) is 4.68. The molecule has 2 aromatic rings. The number of hydrogen-bond acceptors (Lipinski definition) is 4. The zero-order chi connectivity index (χ0) is 20.3. The summed E-state index contributed by atoms with van der Waals surface area (Å²) in [4.78, 5) is 12.1. The van der Waals surface area contributed by atoms with Crippen molar-refractivity contribution in [2.24, 2.45) is 11.7 Å². The van der Waals surface area contributed by atoms with E-state index in [2.05, 4.69) is 10.6 Å². The molecule has 1 fully saturated rings. The van der Waals surface area contributed by atoms with E-state index in [0.717, 1.165) is 11.6 Å². The molecule has 1 saturated heterocycles. The van der Waals surface area contributed by atoms with Gasteiger partial charge in [0.1, 0.15) is 0 Å². The second kappa shape index (κ2) is 8.38. The van der Waals surface area contributed by atoms with Crippen LogP contribution >= 0.6 is 11.6 Å². The summed E-state index contributed by atoms with van der Waals surface area (Å²) < 4.78 is 44.7. The average Bonchev–Trinajstić information content (AvgIpc) is 3.07. The summed E-state index contributed by atoms with van der Waals surface area (Å²) in [6.07, 6.45) is -4.53. The van der Waals surface area contributed by atoms with Gasteiger partial charge in [-0.25, -0.2) is 0 Å². The third-order valence-electron chi connectivity index (χ3n) is 4.45. The molecule has 1 heterocycles. The van der Waals surface area contributed by atoms with Gasteiger partial charge in [-0.2, -0.15) is 13.2 Å². The molecular formula is C19H19ClF3N3O2. The Morgan fingerprint density at radius 2 is 1.89 bits per heavy atom. The molecule has 9 heteroatoms. The number of anilines is 2. The molecule has 2 atom stereocenters. The first-order valence-corrected chi connectivity index (χ1v) is 8.95. The number of nitrogens with one attached hydrogen (secondary N) is 2. The molecule has 0 bridgehead atoms. The molecule has 0 aliphatic carbocycles. The van der Waals surface area contributed by atoms with Crippen LogP contribution in [0, 0.1) is 5.92 Å². The van der Waals surface area contributed by atoms with Crippen molar-refractivity contribution in [2.45, 2.75) is 18.8 Å². The van der Waals surface area contributed by atoms with E-state index in [4.69, 9.17) is 22.1 Å². The molecule has 0 radical (unpaired) electrons. The van der Waals surface area contributed by atoms with Crippen LogP contribution in [-0.4, -0.2) is 25.2 Å². The van der Waals surface area contributed by atoms with E-state index in [-0.39, 0.29) is 35.1 Å². The van der Waals surface area contributed by atoms with Crippen molar-refractivity contribution in [3.8, 4) is 0 Å². The van der Waals surface area contributed by atoms with E-state index < -0.39 is 11.7 Å². The molecule has 4 N–H and O–H groups in total. The molecule has 0 spiro atoms. The summed E-state index contributed by atoms with van der Waals surface area (Å²) in [5, 5.41) is 5.55. The lowest BCUT2D eigenvalue weighted by molar-refractivity contribution is -0.137. The lowest BCUT2D eigenvalue weighted by Crippen LogP contribution is -2.40. The van der Waals surface area contributed by atoms with Gasteiger partial charge in [0.05, 0.1) is 30.4 Å². The van der Waals surface area contributed by atoms with Gasteiger partial charge in [-0.05, 0) is 35.9 Å². The van der Waals surface area contributed by atoms with Gasteiger partial charge in [0, 0.05) is 23.3 Å². The number of ether oxygens (including phenoxy) is 1. The van der Waals surface area contributed by atoms with Gasteiger partial charge in [-0.1, -0.05) is 23.7 Å². The Bertz CT molecular complexity index is 843. The topological polar surface area (TPSA) is 76.4 Å². The SMILES string of the molecule is N[C@@H]1COCC1C(=O)NCc1ccc(Nc2ccc(Cl)cc2C(F)(F)F)cc1. The Morgan fingerprint density at radius 1 is 1.18 bits per heavy atom. The fourth-order valence-electron chi connectivity index (χ4n) is 2.88. The van der Waals surface area contributed by atoms with E-state index >= 15 is 0 Å². The number of carbonyl (C=O) groups is 1. The molecule has 150 valence electrons. The van der Waals surface area contributed by atoms with E-state index in [9.17, 15) is 18.0 Å². The Balaban J connectivity index is 1.63. The Hall–Kier alpha value is -2.29. The fourth-order valence-corrected chi connectivity index (χ4v) is 3.05. The molecule has 5 nitrogen and oxygen atoms in total. The fraction of sp³-hybridized carbons (Fsp3) is 0.316. The minimum Gasteiger partial charge on any atom is -0.379 e. The summed E-state index contributed by atoms with van der Waals surface area (Å²) in [5.41, 5.74) is 6.17. The Morgan fingerprint density at radius 3 is 2.50 bits per heavy atom. The predicted molar refractivity (Wildman–Crippen MR) is 100 cm³/mol. The molecule has 3 rings (SSSR count). The van der Waals surface area contributed by atoms with E-state index in [1.165, 1.54) is 12.1 Å². The first-order chi connectivity index (χ1) is 13.2. The number of carbonyl (C=O) groups excluding carboxylic acids is 1. The highest BCUT2D eigenvalue weighted by Gasteiger charge is 2.34. The normalized spacial score (nSPS) is 19.5. The van der Waals surface area contributed by atoms with Crippen LogP contribution < -0.4 is 16.4 Å². The molecule has 0 saturated carbocycles. The second-order valence-corrected chi connectivity index (χ2v) is 6.97.